The zero-order chi connectivity index (χ0) is 30.3. The molecule has 6 aromatic rings. The first-order valence-electron chi connectivity index (χ1n) is 14.5. The second-order valence-electron chi connectivity index (χ2n) is 10.5. The van der Waals surface area contributed by atoms with Crippen LogP contribution in [0.15, 0.2) is 145 Å². The van der Waals surface area contributed by atoms with Gasteiger partial charge in [-0.25, -0.2) is 5.01 Å². The number of phenolic OH excluding ortho intramolecular Hbond substituents is 2. The molecule has 0 heterocycles. The molecule has 0 radical (unpaired) electrons. The third-order valence-corrected chi connectivity index (χ3v) is 7.45. The molecule has 0 aliphatic heterocycles. The molecule has 4 nitrogen and oxygen atoms in total. The van der Waals surface area contributed by atoms with E-state index in [0.717, 1.165) is 55.7 Å². The Hall–Kier alpha value is -5.87. The summed E-state index contributed by atoms with van der Waals surface area (Å²) in [7, 11) is 0. The van der Waals surface area contributed by atoms with E-state index in [9.17, 15) is 10.2 Å². The minimum Gasteiger partial charge on any atom is -0.508 e. The van der Waals surface area contributed by atoms with Gasteiger partial charge in [0.1, 0.15) is 11.5 Å². The lowest BCUT2D eigenvalue weighted by molar-refractivity contribution is 0.474. The Morgan fingerprint density at radius 3 is 1.61 bits per heavy atom. The maximum atomic E-state index is 9.64. The van der Waals surface area contributed by atoms with Gasteiger partial charge in [-0.3, -0.25) is 0 Å². The van der Waals surface area contributed by atoms with E-state index in [1.54, 1.807) is 24.3 Å². The Balaban J connectivity index is 1.40. The maximum Gasteiger partial charge on any atom is 0.115 e. The van der Waals surface area contributed by atoms with Crippen LogP contribution in [0.25, 0.3) is 35.1 Å². The largest absolute Gasteiger partial charge is 0.508 e. The number of anilines is 2. The fraction of sp³-hybridized carbons (Fsp3) is 0.0250. The van der Waals surface area contributed by atoms with Crippen LogP contribution in [0.5, 0.6) is 11.5 Å². The highest BCUT2D eigenvalue weighted by Gasteiger charge is 2.15. The van der Waals surface area contributed by atoms with E-state index in [4.69, 9.17) is 5.10 Å². The quantitative estimate of drug-likeness (QED) is 0.108. The number of benzene rings is 6. The molecule has 2 N–H and O–H groups in total. The van der Waals surface area contributed by atoms with Crippen LogP contribution >= 0.6 is 0 Å². The van der Waals surface area contributed by atoms with Crippen molar-refractivity contribution in [1.29, 1.82) is 0 Å². The normalized spacial score (nSPS) is 11.9. The first kappa shape index (κ1) is 28.3. The highest BCUT2D eigenvalue weighted by molar-refractivity contribution is 6.04. The Kier molecular flexibility index (Phi) is 8.33. The van der Waals surface area contributed by atoms with Gasteiger partial charge >= 0.3 is 0 Å². The summed E-state index contributed by atoms with van der Waals surface area (Å²) in [6.45, 7) is 2.04. The number of hydrogen-bond acceptors (Lipinski definition) is 4. The molecule has 4 heteroatoms. The maximum absolute atomic E-state index is 9.64. The summed E-state index contributed by atoms with van der Waals surface area (Å²) in [6.07, 6.45) is 8.25. The molecule has 0 unspecified atom stereocenters. The molecule has 0 saturated carbocycles. The number of aromatic hydroxyl groups is 2. The molecule has 0 aliphatic carbocycles. The molecular formula is C40H32N2O2. The van der Waals surface area contributed by atoms with Crippen LogP contribution in [-0.2, 0) is 0 Å². The van der Waals surface area contributed by atoms with E-state index in [1.807, 2.05) is 60.5 Å². The van der Waals surface area contributed by atoms with Gasteiger partial charge in [0, 0.05) is 5.39 Å². The lowest BCUT2D eigenvalue weighted by Gasteiger charge is -2.23. The summed E-state index contributed by atoms with van der Waals surface area (Å²) >= 11 is 0. The van der Waals surface area contributed by atoms with E-state index in [-0.39, 0.29) is 11.5 Å². The molecule has 0 atom stereocenters. The van der Waals surface area contributed by atoms with Crippen LogP contribution in [0.1, 0.15) is 34.7 Å². The lowest BCUT2D eigenvalue weighted by atomic mass is 10.0. The average molecular weight is 573 g/mol. The molecule has 0 saturated heterocycles. The highest BCUT2D eigenvalue weighted by Crippen LogP contribution is 2.36. The molecule has 0 aromatic heterocycles. The van der Waals surface area contributed by atoms with Crippen molar-refractivity contribution >= 4 is 52.2 Å². The van der Waals surface area contributed by atoms with Gasteiger partial charge in [-0.1, -0.05) is 121 Å². The van der Waals surface area contributed by atoms with Crippen molar-refractivity contribution in [2.75, 3.05) is 5.01 Å². The van der Waals surface area contributed by atoms with Crippen LogP contribution in [0.2, 0.25) is 0 Å². The van der Waals surface area contributed by atoms with Crippen molar-refractivity contribution in [1.82, 2.24) is 0 Å². The number of hydrazone groups is 1. The van der Waals surface area contributed by atoms with Gasteiger partial charge in [-0.2, -0.15) is 5.10 Å². The van der Waals surface area contributed by atoms with E-state index >= 15 is 0 Å². The van der Waals surface area contributed by atoms with Crippen molar-refractivity contribution in [3.05, 3.63) is 167 Å². The molecule has 6 rings (SSSR count). The molecule has 0 amide bonds. The highest BCUT2D eigenvalue weighted by atomic mass is 16.3. The van der Waals surface area contributed by atoms with Crippen LogP contribution in [0, 0.1) is 0 Å². The average Bonchev–Trinajstić information content (AvgIpc) is 3.07. The summed E-state index contributed by atoms with van der Waals surface area (Å²) in [5.41, 5.74) is 8.07. The summed E-state index contributed by atoms with van der Waals surface area (Å²) in [4.78, 5) is 0. The third-order valence-electron chi connectivity index (χ3n) is 7.45. The topological polar surface area (TPSA) is 56.1 Å². The van der Waals surface area contributed by atoms with Crippen LogP contribution < -0.4 is 5.01 Å². The van der Waals surface area contributed by atoms with Crippen molar-refractivity contribution in [2.24, 2.45) is 5.10 Å². The predicted octanol–water partition coefficient (Wildman–Crippen LogP) is 10.2. The zero-order valence-corrected chi connectivity index (χ0v) is 24.4. The molecule has 0 fully saturated rings. The predicted molar refractivity (Wildman–Crippen MR) is 185 cm³/mol. The first-order valence-corrected chi connectivity index (χ1v) is 14.5. The number of hydrogen-bond donors (Lipinski definition) is 2. The Morgan fingerprint density at radius 1 is 0.523 bits per heavy atom. The molecule has 0 bridgehead atoms. The lowest BCUT2D eigenvalue weighted by Crippen LogP contribution is -2.13. The second kappa shape index (κ2) is 13.0. The number of fused-ring (bicyclic) bond motifs is 1. The van der Waals surface area contributed by atoms with Gasteiger partial charge in [0.25, 0.3) is 0 Å². The minimum absolute atomic E-state index is 0.254. The van der Waals surface area contributed by atoms with Crippen LogP contribution in [0.3, 0.4) is 0 Å². The smallest absolute Gasteiger partial charge is 0.115 e. The molecule has 0 spiro atoms. The Bertz CT molecular complexity index is 1960. The monoisotopic (exact) mass is 572 g/mol. The van der Waals surface area contributed by atoms with Crippen LogP contribution in [-0.4, -0.2) is 15.9 Å². The minimum atomic E-state index is 0.254. The third kappa shape index (κ3) is 6.61. The number of nitrogens with zero attached hydrogens (tertiary/aromatic N) is 2. The SMILES string of the molecule is C/C(=N/N(c1ccc(/C=C/c2ccc(O)cc2)cc1)c1ccc(/C=C/c2ccc(O)cc2)c2ccccc12)c1ccccc1. The first-order chi connectivity index (χ1) is 21.5. The van der Waals surface area contributed by atoms with E-state index in [2.05, 4.69) is 91.0 Å². The Labute approximate surface area is 257 Å². The zero-order valence-electron chi connectivity index (χ0n) is 24.4. The summed E-state index contributed by atoms with van der Waals surface area (Å²) in [6, 6.07) is 45.5. The molecule has 214 valence electrons. The van der Waals surface area contributed by atoms with Gasteiger partial charge < -0.3 is 10.2 Å². The Morgan fingerprint density at radius 2 is 1.02 bits per heavy atom. The van der Waals surface area contributed by atoms with Crippen LogP contribution in [0.4, 0.5) is 11.4 Å². The van der Waals surface area contributed by atoms with E-state index < -0.39 is 0 Å². The van der Waals surface area contributed by atoms with Gasteiger partial charge in [0.15, 0.2) is 0 Å². The fourth-order valence-electron chi connectivity index (χ4n) is 5.05. The molecule has 44 heavy (non-hydrogen) atoms. The van der Waals surface area contributed by atoms with Gasteiger partial charge in [0.05, 0.1) is 17.1 Å². The fourth-order valence-corrected chi connectivity index (χ4v) is 5.05. The molecule has 6 aromatic carbocycles. The van der Waals surface area contributed by atoms with Gasteiger partial charge in [0.2, 0.25) is 0 Å². The number of phenols is 2. The summed E-state index contributed by atoms with van der Waals surface area (Å²) in [5, 5.41) is 28.6. The summed E-state index contributed by atoms with van der Waals surface area (Å²) < 4.78 is 0. The molecule has 0 aliphatic rings. The van der Waals surface area contributed by atoms with Gasteiger partial charge in [-0.15, -0.1) is 0 Å². The van der Waals surface area contributed by atoms with Gasteiger partial charge in [-0.05, 0) is 82.6 Å². The van der Waals surface area contributed by atoms with Crippen molar-refractivity contribution in [2.45, 2.75) is 6.92 Å². The second-order valence-corrected chi connectivity index (χ2v) is 10.5. The van der Waals surface area contributed by atoms with Crippen molar-refractivity contribution in [3.63, 3.8) is 0 Å². The van der Waals surface area contributed by atoms with E-state index in [1.165, 1.54) is 0 Å². The standard InChI is InChI=1S/C40H32N2O2/c1-29(33-7-3-2-4-8-33)41-42(35-22-14-30(15-23-35)11-12-31-16-24-36(43)25-17-31)40-28-21-34(38-9-5-6-10-39(38)40)20-13-32-18-26-37(44)27-19-32/h2-28,43-44H,1H3/b12-11+,20-13+,41-29-. The number of rotatable bonds is 8. The van der Waals surface area contributed by atoms with Crippen molar-refractivity contribution in [3.8, 4) is 11.5 Å². The molecular weight excluding hydrogens is 540 g/mol. The van der Waals surface area contributed by atoms with Crippen molar-refractivity contribution < 1.29 is 10.2 Å². The summed E-state index contributed by atoms with van der Waals surface area (Å²) in [5.74, 6) is 0.511. The van der Waals surface area contributed by atoms with E-state index in [0.29, 0.717) is 0 Å².